The SMILES string of the molecule is CCNC(=NCC(c1ccco1)N1CCCCC1)NCCCCN1CCN(CC)CC1. The average Bonchev–Trinajstić information content (AvgIpc) is 3.34. The number of nitrogens with zero attached hydrogens (tertiary/aromatic N) is 4. The molecule has 2 fully saturated rings. The molecule has 1 unspecified atom stereocenters. The van der Waals surface area contributed by atoms with Gasteiger partial charge in [0.1, 0.15) is 5.76 Å². The third kappa shape index (κ3) is 8.13. The molecule has 0 aromatic carbocycles. The van der Waals surface area contributed by atoms with Crippen LogP contribution in [-0.4, -0.2) is 92.7 Å². The van der Waals surface area contributed by atoms with Crippen molar-refractivity contribution in [1.82, 2.24) is 25.3 Å². The Bertz CT molecular complexity index is 606. The van der Waals surface area contributed by atoms with Crippen LogP contribution in [-0.2, 0) is 0 Å². The molecule has 31 heavy (non-hydrogen) atoms. The van der Waals surface area contributed by atoms with E-state index in [1.165, 1.54) is 71.4 Å². The van der Waals surface area contributed by atoms with E-state index in [4.69, 9.17) is 9.41 Å². The summed E-state index contributed by atoms with van der Waals surface area (Å²) in [5.74, 6) is 1.96. The first-order chi connectivity index (χ1) is 15.3. The fourth-order valence-corrected chi connectivity index (χ4v) is 4.61. The predicted molar refractivity (Wildman–Crippen MR) is 129 cm³/mol. The molecule has 2 aliphatic heterocycles. The summed E-state index contributed by atoms with van der Waals surface area (Å²) in [4.78, 5) is 12.6. The first-order valence-corrected chi connectivity index (χ1v) is 12.5. The molecule has 1 atom stereocenters. The Hall–Kier alpha value is -1.57. The topological polar surface area (TPSA) is 59.3 Å². The zero-order valence-electron chi connectivity index (χ0n) is 19.8. The van der Waals surface area contributed by atoms with Crippen LogP contribution >= 0.6 is 0 Å². The number of furan rings is 1. The van der Waals surface area contributed by atoms with Crippen molar-refractivity contribution in [2.24, 2.45) is 4.99 Å². The van der Waals surface area contributed by atoms with E-state index in [2.05, 4.69) is 45.2 Å². The molecule has 0 amide bonds. The molecular formula is C24H44N6O. The van der Waals surface area contributed by atoms with Gasteiger partial charge < -0.3 is 24.9 Å². The molecule has 176 valence electrons. The van der Waals surface area contributed by atoms with Crippen molar-refractivity contribution < 1.29 is 4.42 Å². The molecule has 2 saturated heterocycles. The number of likely N-dealkylation sites (N-methyl/N-ethyl adjacent to an activating group) is 1. The first-order valence-electron chi connectivity index (χ1n) is 12.5. The molecule has 0 saturated carbocycles. The van der Waals surface area contributed by atoms with Gasteiger partial charge in [0.05, 0.1) is 18.8 Å². The van der Waals surface area contributed by atoms with Crippen LogP contribution in [0.1, 0.15) is 57.8 Å². The predicted octanol–water partition coefficient (Wildman–Crippen LogP) is 2.78. The number of hydrogen-bond donors (Lipinski definition) is 2. The minimum Gasteiger partial charge on any atom is -0.468 e. The second kappa shape index (κ2) is 13.8. The Morgan fingerprint density at radius 1 is 1.00 bits per heavy atom. The maximum atomic E-state index is 5.77. The lowest BCUT2D eigenvalue weighted by Crippen LogP contribution is -2.46. The molecular weight excluding hydrogens is 388 g/mol. The lowest BCUT2D eigenvalue weighted by molar-refractivity contribution is 0.136. The van der Waals surface area contributed by atoms with Crippen molar-refractivity contribution in [2.75, 3.05) is 72.0 Å². The van der Waals surface area contributed by atoms with Crippen molar-refractivity contribution in [3.63, 3.8) is 0 Å². The summed E-state index contributed by atoms with van der Waals surface area (Å²) >= 11 is 0. The molecule has 0 radical (unpaired) electrons. The van der Waals surface area contributed by atoms with Gasteiger partial charge in [-0.15, -0.1) is 0 Å². The van der Waals surface area contributed by atoms with E-state index >= 15 is 0 Å². The van der Waals surface area contributed by atoms with Crippen molar-refractivity contribution in [1.29, 1.82) is 0 Å². The second-order valence-corrected chi connectivity index (χ2v) is 8.76. The Labute approximate surface area is 189 Å². The number of unbranched alkanes of at least 4 members (excludes halogenated alkanes) is 1. The van der Waals surface area contributed by atoms with Gasteiger partial charge in [0, 0.05) is 39.3 Å². The maximum absolute atomic E-state index is 5.77. The monoisotopic (exact) mass is 432 g/mol. The largest absolute Gasteiger partial charge is 0.468 e. The van der Waals surface area contributed by atoms with Gasteiger partial charge in [0.2, 0.25) is 0 Å². The second-order valence-electron chi connectivity index (χ2n) is 8.76. The molecule has 7 nitrogen and oxygen atoms in total. The normalized spacial score (nSPS) is 20.6. The van der Waals surface area contributed by atoms with Crippen molar-refractivity contribution in [2.45, 2.75) is 52.0 Å². The highest BCUT2D eigenvalue weighted by molar-refractivity contribution is 5.79. The molecule has 1 aromatic heterocycles. The van der Waals surface area contributed by atoms with E-state index in [-0.39, 0.29) is 6.04 Å². The molecule has 2 aliphatic rings. The smallest absolute Gasteiger partial charge is 0.191 e. The molecule has 2 N–H and O–H groups in total. The molecule has 3 rings (SSSR count). The van der Waals surface area contributed by atoms with Crippen LogP contribution in [0.15, 0.2) is 27.8 Å². The summed E-state index contributed by atoms with van der Waals surface area (Å²) in [7, 11) is 0. The van der Waals surface area contributed by atoms with Crippen LogP contribution in [0, 0.1) is 0 Å². The Balaban J connectivity index is 1.42. The highest BCUT2D eigenvalue weighted by atomic mass is 16.3. The fraction of sp³-hybridized carbons (Fsp3) is 0.792. The average molecular weight is 433 g/mol. The van der Waals surface area contributed by atoms with Crippen molar-refractivity contribution >= 4 is 5.96 Å². The van der Waals surface area contributed by atoms with E-state index < -0.39 is 0 Å². The number of guanidine groups is 1. The minimum atomic E-state index is 0.229. The van der Waals surface area contributed by atoms with Crippen molar-refractivity contribution in [3.8, 4) is 0 Å². The number of likely N-dealkylation sites (tertiary alicyclic amines) is 1. The van der Waals surface area contributed by atoms with E-state index in [9.17, 15) is 0 Å². The van der Waals surface area contributed by atoms with Crippen LogP contribution in [0.5, 0.6) is 0 Å². The standard InChI is InChI=1S/C24H44N6O/c1-3-25-24(26-12-6-9-13-29-18-16-28(4-2)17-19-29)27-21-22(23-11-10-20-31-23)30-14-7-5-8-15-30/h10-11,20,22H,3-9,12-19,21H2,1-2H3,(H2,25,26,27). The van der Waals surface area contributed by atoms with E-state index in [1.807, 2.05) is 6.07 Å². The Kier molecular flexibility index (Phi) is 10.7. The summed E-state index contributed by atoms with van der Waals surface area (Å²) in [5.41, 5.74) is 0. The summed E-state index contributed by atoms with van der Waals surface area (Å²) < 4.78 is 5.77. The van der Waals surface area contributed by atoms with E-state index in [0.29, 0.717) is 0 Å². The quantitative estimate of drug-likeness (QED) is 0.319. The zero-order valence-corrected chi connectivity index (χ0v) is 19.8. The van der Waals surface area contributed by atoms with Crippen LogP contribution in [0.2, 0.25) is 0 Å². The minimum absolute atomic E-state index is 0.229. The van der Waals surface area contributed by atoms with Gasteiger partial charge in [-0.25, -0.2) is 0 Å². The summed E-state index contributed by atoms with van der Waals surface area (Å²) in [6, 6.07) is 4.31. The van der Waals surface area contributed by atoms with Gasteiger partial charge in [-0.2, -0.15) is 0 Å². The number of nitrogens with one attached hydrogen (secondary N) is 2. The maximum Gasteiger partial charge on any atom is 0.191 e. The zero-order chi connectivity index (χ0) is 21.7. The van der Waals surface area contributed by atoms with Crippen LogP contribution in [0.4, 0.5) is 0 Å². The third-order valence-corrected chi connectivity index (χ3v) is 6.58. The summed E-state index contributed by atoms with van der Waals surface area (Å²) in [5, 5.41) is 6.95. The number of piperidine rings is 1. The molecule has 7 heteroatoms. The Morgan fingerprint density at radius 3 is 2.45 bits per heavy atom. The summed E-state index contributed by atoms with van der Waals surface area (Å²) in [6.45, 7) is 16.5. The highest BCUT2D eigenvalue weighted by Gasteiger charge is 2.24. The van der Waals surface area contributed by atoms with E-state index in [1.54, 1.807) is 6.26 Å². The lowest BCUT2D eigenvalue weighted by atomic mass is 10.1. The number of rotatable bonds is 11. The van der Waals surface area contributed by atoms with Gasteiger partial charge in [0.25, 0.3) is 0 Å². The van der Waals surface area contributed by atoms with E-state index in [0.717, 1.165) is 44.4 Å². The van der Waals surface area contributed by atoms with Gasteiger partial charge >= 0.3 is 0 Å². The van der Waals surface area contributed by atoms with Crippen LogP contribution in [0.3, 0.4) is 0 Å². The number of aliphatic imine (C=N–C) groups is 1. The van der Waals surface area contributed by atoms with Gasteiger partial charge in [-0.3, -0.25) is 9.89 Å². The van der Waals surface area contributed by atoms with Crippen LogP contribution < -0.4 is 10.6 Å². The molecule has 0 bridgehead atoms. The van der Waals surface area contributed by atoms with Crippen molar-refractivity contribution in [3.05, 3.63) is 24.2 Å². The molecule has 1 aromatic rings. The highest BCUT2D eigenvalue weighted by Crippen LogP contribution is 2.25. The van der Waals surface area contributed by atoms with Gasteiger partial charge in [0.15, 0.2) is 5.96 Å². The van der Waals surface area contributed by atoms with Crippen LogP contribution in [0.25, 0.3) is 0 Å². The lowest BCUT2D eigenvalue weighted by Gasteiger charge is -2.34. The summed E-state index contributed by atoms with van der Waals surface area (Å²) in [6.07, 6.45) is 8.07. The molecule has 3 heterocycles. The van der Waals surface area contributed by atoms with Gasteiger partial charge in [-0.05, 0) is 70.9 Å². The fourth-order valence-electron chi connectivity index (χ4n) is 4.61. The third-order valence-electron chi connectivity index (χ3n) is 6.58. The number of hydrogen-bond acceptors (Lipinski definition) is 5. The number of piperazine rings is 1. The Morgan fingerprint density at radius 2 is 1.77 bits per heavy atom. The van der Waals surface area contributed by atoms with Gasteiger partial charge in [-0.1, -0.05) is 13.3 Å². The molecule has 0 spiro atoms. The first kappa shape index (κ1) is 24.1. The molecule has 0 aliphatic carbocycles.